The van der Waals surface area contributed by atoms with Crippen LogP contribution < -0.4 is 5.32 Å². The maximum absolute atomic E-state index is 13.2. The van der Waals surface area contributed by atoms with Gasteiger partial charge in [-0.15, -0.1) is 0 Å². The van der Waals surface area contributed by atoms with Gasteiger partial charge in [0.25, 0.3) is 0 Å². The summed E-state index contributed by atoms with van der Waals surface area (Å²) < 4.78 is 66.9. The lowest BCUT2D eigenvalue weighted by atomic mass is 10.0. The summed E-state index contributed by atoms with van der Waals surface area (Å²) in [6, 6.07) is 10.9. The summed E-state index contributed by atoms with van der Waals surface area (Å²) in [6.45, 7) is 6.61. The largest absolute Gasteiger partial charge is 0.418 e. The number of rotatable bonds is 6. The van der Waals surface area contributed by atoms with Gasteiger partial charge in [-0.2, -0.15) is 17.5 Å². The van der Waals surface area contributed by atoms with E-state index in [1.807, 2.05) is 13.8 Å². The maximum Gasteiger partial charge on any atom is 0.418 e. The average molecular weight is 484 g/mol. The summed E-state index contributed by atoms with van der Waals surface area (Å²) >= 11 is 0. The number of hydrogen-bond donors (Lipinski definition) is 1. The van der Waals surface area contributed by atoms with Crippen LogP contribution in [0.1, 0.15) is 37.8 Å². The van der Waals surface area contributed by atoms with Crippen LogP contribution in [0.5, 0.6) is 0 Å². The monoisotopic (exact) mass is 483 g/mol. The van der Waals surface area contributed by atoms with Crippen LogP contribution in [0.3, 0.4) is 0 Å². The van der Waals surface area contributed by atoms with E-state index in [1.54, 1.807) is 36.1 Å². The Morgan fingerprint density at radius 1 is 0.939 bits per heavy atom. The van der Waals surface area contributed by atoms with Gasteiger partial charge in [-0.05, 0) is 42.7 Å². The fraction of sp³-hybridized carbons (Fsp3) is 0.435. The molecule has 6 nitrogen and oxygen atoms in total. The van der Waals surface area contributed by atoms with Gasteiger partial charge in [0.2, 0.25) is 15.9 Å². The first-order chi connectivity index (χ1) is 15.4. The molecule has 0 unspecified atom stereocenters. The molecule has 2 aromatic carbocycles. The highest BCUT2D eigenvalue weighted by atomic mass is 32.2. The highest BCUT2D eigenvalue weighted by Crippen LogP contribution is 2.34. The van der Waals surface area contributed by atoms with Crippen LogP contribution in [0.15, 0.2) is 53.4 Å². The molecular weight excluding hydrogens is 455 g/mol. The Morgan fingerprint density at radius 3 is 2.06 bits per heavy atom. The first kappa shape index (κ1) is 25.2. The van der Waals surface area contributed by atoms with E-state index in [9.17, 15) is 26.4 Å². The van der Waals surface area contributed by atoms with Gasteiger partial charge in [-0.3, -0.25) is 9.69 Å². The van der Waals surface area contributed by atoms with Crippen LogP contribution in [-0.2, 0) is 21.0 Å². The number of alkyl halides is 3. The molecule has 1 aliphatic rings. The number of carbonyl (C=O) groups excluding carboxylic acids is 1. The van der Waals surface area contributed by atoms with Crippen molar-refractivity contribution >= 4 is 21.6 Å². The normalized spacial score (nSPS) is 17.2. The number of piperazine rings is 1. The van der Waals surface area contributed by atoms with Crippen LogP contribution in [0, 0.1) is 0 Å². The highest BCUT2D eigenvalue weighted by Gasteiger charge is 2.35. The molecule has 180 valence electrons. The van der Waals surface area contributed by atoms with Gasteiger partial charge in [0.15, 0.2) is 0 Å². The predicted molar refractivity (Wildman–Crippen MR) is 120 cm³/mol. The topological polar surface area (TPSA) is 69.7 Å². The molecule has 1 aliphatic heterocycles. The van der Waals surface area contributed by atoms with E-state index in [2.05, 4.69) is 5.32 Å². The van der Waals surface area contributed by atoms with E-state index in [0.717, 1.165) is 11.6 Å². The molecule has 2 aromatic rings. The second-order valence-corrected chi connectivity index (χ2v) is 10.3. The Bertz CT molecular complexity index is 1080. The molecule has 3 rings (SSSR count). The molecular formula is C23H28F3N3O3S. The second-order valence-electron chi connectivity index (χ2n) is 8.37. The molecule has 1 amide bonds. The van der Waals surface area contributed by atoms with Crippen molar-refractivity contribution in [1.82, 2.24) is 9.21 Å². The zero-order chi connectivity index (χ0) is 24.4. The summed E-state index contributed by atoms with van der Waals surface area (Å²) in [5, 5.41) is 2.36. The molecule has 1 fully saturated rings. The minimum absolute atomic E-state index is 0.186. The van der Waals surface area contributed by atoms with Gasteiger partial charge in [0.1, 0.15) is 0 Å². The summed E-state index contributed by atoms with van der Waals surface area (Å²) in [4.78, 5) is 14.6. The van der Waals surface area contributed by atoms with Gasteiger partial charge in [-0.25, -0.2) is 8.42 Å². The van der Waals surface area contributed by atoms with E-state index in [4.69, 9.17) is 0 Å². The summed E-state index contributed by atoms with van der Waals surface area (Å²) in [7, 11) is -3.66. The lowest BCUT2D eigenvalue weighted by molar-refractivity contribution is -0.137. The van der Waals surface area contributed by atoms with Crippen molar-refractivity contribution in [3.8, 4) is 0 Å². The molecule has 1 N–H and O–H groups in total. The smallest absolute Gasteiger partial charge is 0.324 e. The molecule has 0 radical (unpaired) electrons. The van der Waals surface area contributed by atoms with E-state index in [0.29, 0.717) is 19.0 Å². The Labute approximate surface area is 192 Å². The molecule has 0 aromatic heterocycles. The fourth-order valence-electron chi connectivity index (χ4n) is 3.75. The first-order valence-corrected chi connectivity index (χ1v) is 12.2. The Balaban J connectivity index is 1.63. The van der Waals surface area contributed by atoms with Crippen molar-refractivity contribution in [1.29, 1.82) is 0 Å². The molecule has 10 heteroatoms. The van der Waals surface area contributed by atoms with Crippen molar-refractivity contribution in [2.45, 2.75) is 43.8 Å². The summed E-state index contributed by atoms with van der Waals surface area (Å²) in [5.41, 5.74) is -0.163. The van der Waals surface area contributed by atoms with E-state index < -0.39 is 33.7 Å². The Morgan fingerprint density at radius 2 is 1.52 bits per heavy atom. The number of anilines is 1. The minimum Gasteiger partial charge on any atom is -0.324 e. The zero-order valence-electron chi connectivity index (χ0n) is 18.8. The fourth-order valence-corrected chi connectivity index (χ4v) is 5.17. The molecule has 0 aliphatic carbocycles. The lowest BCUT2D eigenvalue weighted by Crippen LogP contribution is -2.53. The van der Waals surface area contributed by atoms with E-state index in [1.165, 1.54) is 22.5 Å². The Kier molecular flexibility index (Phi) is 7.50. The first-order valence-electron chi connectivity index (χ1n) is 10.7. The summed E-state index contributed by atoms with van der Waals surface area (Å²) in [6.07, 6.45) is -4.58. The third kappa shape index (κ3) is 5.74. The third-order valence-electron chi connectivity index (χ3n) is 5.88. The van der Waals surface area contributed by atoms with Gasteiger partial charge in [-0.1, -0.05) is 38.1 Å². The Hall–Kier alpha value is -2.43. The number of para-hydroxylation sites is 1. The van der Waals surface area contributed by atoms with Crippen LogP contribution in [-0.4, -0.2) is 55.8 Å². The van der Waals surface area contributed by atoms with Gasteiger partial charge < -0.3 is 5.32 Å². The summed E-state index contributed by atoms with van der Waals surface area (Å²) in [5.74, 6) is -0.284. The quantitative estimate of drug-likeness (QED) is 0.670. The molecule has 1 atom stereocenters. The van der Waals surface area contributed by atoms with Crippen molar-refractivity contribution in [3.05, 3.63) is 59.7 Å². The lowest BCUT2D eigenvalue weighted by Gasteiger charge is -2.36. The molecule has 1 heterocycles. The van der Waals surface area contributed by atoms with Gasteiger partial charge in [0, 0.05) is 26.2 Å². The number of amides is 1. The van der Waals surface area contributed by atoms with Crippen LogP contribution in [0.25, 0.3) is 0 Å². The number of sulfonamides is 1. The molecule has 1 saturated heterocycles. The van der Waals surface area contributed by atoms with Crippen molar-refractivity contribution in [3.63, 3.8) is 0 Å². The third-order valence-corrected chi connectivity index (χ3v) is 7.79. The number of benzene rings is 2. The average Bonchev–Trinajstić information content (AvgIpc) is 2.78. The van der Waals surface area contributed by atoms with Crippen LogP contribution in [0.2, 0.25) is 0 Å². The minimum atomic E-state index is -4.58. The predicted octanol–water partition coefficient (Wildman–Crippen LogP) is 4.16. The van der Waals surface area contributed by atoms with Crippen molar-refractivity contribution in [2.75, 3.05) is 31.5 Å². The SMILES string of the molecule is CC(C)c1ccc(S(=O)(=O)N2CCN([C@H](C)C(=O)Nc3ccccc3C(F)(F)F)CC2)cc1. The number of carbonyl (C=O) groups is 1. The number of hydrogen-bond acceptors (Lipinski definition) is 4. The molecule has 0 bridgehead atoms. The second kappa shape index (κ2) is 9.82. The van der Waals surface area contributed by atoms with Crippen LogP contribution >= 0.6 is 0 Å². The van der Waals surface area contributed by atoms with Crippen molar-refractivity contribution in [2.24, 2.45) is 0 Å². The van der Waals surface area contributed by atoms with E-state index >= 15 is 0 Å². The number of halogens is 3. The zero-order valence-corrected chi connectivity index (χ0v) is 19.6. The standard InChI is InChI=1S/C23H28F3N3O3S/c1-16(2)18-8-10-19(11-9-18)33(31,32)29-14-12-28(13-15-29)17(3)22(30)27-21-7-5-4-6-20(21)23(24,25)26/h4-11,16-17H,12-15H2,1-3H3,(H,27,30)/t17-/m1/s1. The molecule has 33 heavy (non-hydrogen) atoms. The molecule has 0 saturated carbocycles. The van der Waals surface area contributed by atoms with Gasteiger partial charge in [0.05, 0.1) is 22.2 Å². The maximum atomic E-state index is 13.2. The number of nitrogens with zero attached hydrogens (tertiary/aromatic N) is 2. The number of nitrogens with one attached hydrogen (secondary N) is 1. The highest BCUT2D eigenvalue weighted by molar-refractivity contribution is 7.89. The molecule has 0 spiro atoms. The van der Waals surface area contributed by atoms with E-state index in [-0.39, 0.29) is 23.7 Å². The van der Waals surface area contributed by atoms with Gasteiger partial charge >= 0.3 is 6.18 Å². The van der Waals surface area contributed by atoms with Crippen LogP contribution in [0.4, 0.5) is 18.9 Å². The van der Waals surface area contributed by atoms with Crippen molar-refractivity contribution < 1.29 is 26.4 Å².